The minimum absolute atomic E-state index is 0.0351. The first-order valence-electron chi connectivity index (χ1n) is 11.7. The fraction of sp³-hybridized carbons (Fsp3) is 0.583. The minimum atomic E-state index is -4.75. The third-order valence-corrected chi connectivity index (χ3v) is 6.96. The molecule has 1 fully saturated rings. The van der Waals surface area contributed by atoms with Gasteiger partial charge in [-0.2, -0.15) is 13.2 Å². The van der Waals surface area contributed by atoms with Crippen molar-refractivity contribution in [2.24, 2.45) is 0 Å². The number of hydrogen-bond donors (Lipinski definition) is 3. The number of thiazole rings is 1. The lowest BCUT2D eigenvalue weighted by Gasteiger charge is -2.23. The maximum absolute atomic E-state index is 14.2. The molecule has 1 saturated heterocycles. The number of aromatic nitrogens is 2. The number of rotatable bonds is 6. The van der Waals surface area contributed by atoms with E-state index in [2.05, 4.69) is 20.6 Å². The van der Waals surface area contributed by atoms with Crippen molar-refractivity contribution in [1.29, 1.82) is 0 Å². The molecule has 8 nitrogen and oxygen atoms in total. The van der Waals surface area contributed by atoms with E-state index < -0.39 is 41.2 Å². The average molecular weight is 528 g/mol. The maximum Gasteiger partial charge on any atom is 0.417 e. The summed E-state index contributed by atoms with van der Waals surface area (Å²) in [5.41, 5.74) is -2.05. The molecule has 12 heteroatoms. The van der Waals surface area contributed by atoms with E-state index in [9.17, 15) is 27.9 Å². The van der Waals surface area contributed by atoms with E-state index in [0.717, 1.165) is 25.1 Å². The molecule has 36 heavy (non-hydrogen) atoms. The van der Waals surface area contributed by atoms with E-state index in [1.165, 1.54) is 6.92 Å². The van der Waals surface area contributed by atoms with Crippen LogP contribution in [0.2, 0.25) is 0 Å². The van der Waals surface area contributed by atoms with Crippen molar-refractivity contribution in [1.82, 2.24) is 20.2 Å². The number of amides is 2. The number of nitrogens with zero attached hydrogens (tertiary/aromatic N) is 3. The largest absolute Gasteiger partial charge is 0.417 e. The Labute approximate surface area is 212 Å². The third-order valence-electron chi connectivity index (χ3n) is 5.88. The van der Waals surface area contributed by atoms with Crippen LogP contribution in [0.1, 0.15) is 80.2 Å². The number of carbonyl (C=O) groups is 2. The Hall–Kier alpha value is -2.73. The van der Waals surface area contributed by atoms with Crippen LogP contribution in [0.4, 0.5) is 19.0 Å². The Morgan fingerprint density at radius 1 is 1.25 bits per heavy atom. The predicted octanol–water partition coefficient (Wildman–Crippen LogP) is 4.56. The van der Waals surface area contributed by atoms with E-state index in [1.54, 1.807) is 32.6 Å². The lowest BCUT2D eigenvalue weighted by Crippen LogP contribution is -2.39. The van der Waals surface area contributed by atoms with Gasteiger partial charge < -0.3 is 20.6 Å². The number of carbonyl (C=O) groups excluding carboxylic acids is 2. The van der Waals surface area contributed by atoms with Crippen LogP contribution in [0.25, 0.3) is 10.4 Å². The van der Waals surface area contributed by atoms with Gasteiger partial charge in [-0.25, -0.2) is 9.97 Å². The van der Waals surface area contributed by atoms with Crippen LogP contribution < -0.4 is 10.6 Å². The van der Waals surface area contributed by atoms with Gasteiger partial charge in [-0.05, 0) is 60.5 Å². The Kier molecular flexibility index (Phi) is 7.99. The number of alkyl halides is 3. The van der Waals surface area contributed by atoms with Crippen molar-refractivity contribution in [2.45, 2.75) is 84.3 Å². The summed E-state index contributed by atoms with van der Waals surface area (Å²) in [5, 5.41) is 15.0. The topological polar surface area (TPSA) is 107 Å². The van der Waals surface area contributed by atoms with Crippen molar-refractivity contribution >= 4 is 29.0 Å². The van der Waals surface area contributed by atoms with Gasteiger partial charge in [0.2, 0.25) is 0 Å². The Morgan fingerprint density at radius 2 is 1.92 bits per heavy atom. The monoisotopic (exact) mass is 527 g/mol. The number of pyridine rings is 1. The van der Waals surface area contributed by atoms with Gasteiger partial charge in [-0.15, -0.1) is 11.3 Å². The summed E-state index contributed by atoms with van der Waals surface area (Å²) in [6.45, 7) is 10.8. The molecule has 0 aromatic carbocycles. The number of aliphatic hydroxyl groups excluding tert-OH is 1. The molecule has 1 aliphatic rings. The highest BCUT2D eigenvalue weighted by atomic mass is 32.1. The van der Waals surface area contributed by atoms with Crippen LogP contribution in [0.15, 0.2) is 12.3 Å². The molecule has 198 valence electrons. The van der Waals surface area contributed by atoms with Gasteiger partial charge in [-0.3, -0.25) is 9.59 Å². The molecule has 2 aromatic rings. The zero-order valence-corrected chi connectivity index (χ0v) is 22.0. The van der Waals surface area contributed by atoms with Crippen LogP contribution in [-0.4, -0.2) is 62.1 Å². The molecule has 0 radical (unpaired) electrons. The summed E-state index contributed by atoms with van der Waals surface area (Å²) in [5.74, 6) is -1.18. The highest BCUT2D eigenvalue weighted by molar-refractivity contribution is 7.17. The molecule has 3 rings (SSSR count). The normalized spacial score (nSPS) is 18.2. The molecule has 0 saturated carbocycles. The number of nitrogens with one attached hydrogen (secondary N) is 2. The highest BCUT2D eigenvalue weighted by Gasteiger charge is 2.38. The molecular formula is C24H32F3N5O3S. The van der Waals surface area contributed by atoms with Gasteiger partial charge in [0.25, 0.3) is 11.8 Å². The van der Waals surface area contributed by atoms with Crippen molar-refractivity contribution in [3.8, 4) is 10.4 Å². The van der Waals surface area contributed by atoms with Crippen molar-refractivity contribution in [3.05, 3.63) is 28.5 Å². The first-order valence-corrected chi connectivity index (χ1v) is 12.6. The molecule has 2 amide bonds. The third kappa shape index (κ3) is 6.33. The van der Waals surface area contributed by atoms with Crippen molar-refractivity contribution in [2.75, 3.05) is 11.9 Å². The zero-order chi connectivity index (χ0) is 27.0. The number of anilines is 1. The van der Waals surface area contributed by atoms with Crippen LogP contribution in [0.5, 0.6) is 0 Å². The van der Waals surface area contributed by atoms with Gasteiger partial charge in [0, 0.05) is 29.9 Å². The van der Waals surface area contributed by atoms with E-state index >= 15 is 0 Å². The predicted molar refractivity (Wildman–Crippen MR) is 132 cm³/mol. The minimum Gasteiger partial charge on any atom is -0.391 e. The van der Waals surface area contributed by atoms with Gasteiger partial charge in [0.1, 0.15) is 11.5 Å². The molecule has 3 N–H and O–H groups in total. The van der Waals surface area contributed by atoms with Gasteiger partial charge in [-0.1, -0.05) is 0 Å². The molecule has 1 aliphatic heterocycles. The van der Waals surface area contributed by atoms with Gasteiger partial charge in [0.05, 0.1) is 22.6 Å². The lowest BCUT2D eigenvalue weighted by molar-refractivity contribution is -0.137. The van der Waals surface area contributed by atoms with E-state index in [0.29, 0.717) is 17.9 Å². The summed E-state index contributed by atoms with van der Waals surface area (Å²) in [7, 11) is 0. The molecular weight excluding hydrogens is 495 g/mol. The second-order valence-corrected chi connectivity index (χ2v) is 11.2. The van der Waals surface area contributed by atoms with Gasteiger partial charge in [0.15, 0.2) is 5.01 Å². The maximum atomic E-state index is 14.2. The number of halogens is 3. The molecule has 3 heterocycles. The number of aliphatic hydroxyl groups is 1. The Bertz CT molecular complexity index is 1130. The van der Waals surface area contributed by atoms with Crippen LogP contribution in [-0.2, 0) is 6.18 Å². The fourth-order valence-corrected chi connectivity index (χ4v) is 4.81. The smallest absolute Gasteiger partial charge is 0.391 e. The SMILES string of the molecule is C[C@@H](O)[C@@H](C)NC(=O)c1nc(C(=O)N2CCC[C@@H]2C)c(-c2cnc(NC(C)(C)C)cc2C(F)(F)F)s1. The van der Waals surface area contributed by atoms with Gasteiger partial charge >= 0.3 is 6.18 Å². The second-order valence-electron chi connectivity index (χ2n) is 10.2. The second kappa shape index (κ2) is 10.3. The molecule has 0 aliphatic carbocycles. The van der Waals surface area contributed by atoms with E-state index in [4.69, 9.17) is 0 Å². The van der Waals surface area contributed by atoms with Crippen molar-refractivity contribution in [3.63, 3.8) is 0 Å². The first kappa shape index (κ1) is 27.9. The Balaban J connectivity index is 2.15. The van der Waals surface area contributed by atoms with Crippen LogP contribution in [0, 0.1) is 0 Å². The highest BCUT2D eigenvalue weighted by Crippen LogP contribution is 2.42. The summed E-state index contributed by atoms with van der Waals surface area (Å²) in [6, 6.07) is 0.179. The van der Waals surface area contributed by atoms with E-state index in [-0.39, 0.29) is 33.0 Å². The summed E-state index contributed by atoms with van der Waals surface area (Å²) < 4.78 is 42.6. The molecule has 2 aromatic heterocycles. The molecule has 0 bridgehead atoms. The average Bonchev–Trinajstić information content (AvgIpc) is 3.38. The first-order chi connectivity index (χ1) is 16.6. The fourth-order valence-electron chi connectivity index (χ4n) is 3.83. The summed E-state index contributed by atoms with van der Waals surface area (Å²) in [6.07, 6.45) is -3.00. The summed E-state index contributed by atoms with van der Waals surface area (Å²) in [4.78, 5) is 36.1. The molecule has 0 unspecified atom stereocenters. The molecule has 3 atom stereocenters. The molecule has 0 spiro atoms. The standard InChI is InChI=1S/C24H32F3N5O3S/c1-12-8-7-9-32(12)22(35)18-19(36-21(30-18)20(34)29-13(2)14(3)33)15-11-28-17(31-23(4,5)6)10-16(15)24(25,26)27/h10-14,33H,7-9H2,1-6H3,(H,28,31)(H,29,34)/t12-,13+,14+/m0/s1. The van der Waals surface area contributed by atoms with Crippen LogP contribution >= 0.6 is 11.3 Å². The number of likely N-dealkylation sites (tertiary alicyclic amines) is 1. The Morgan fingerprint density at radius 3 is 2.44 bits per heavy atom. The number of hydrogen-bond acceptors (Lipinski definition) is 7. The van der Waals surface area contributed by atoms with Crippen LogP contribution in [0.3, 0.4) is 0 Å². The van der Waals surface area contributed by atoms with Crippen molar-refractivity contribution < 1.29 is 27.9 Å². The quantitative estimate of drug-likeness (QED) is 0.509. The summed E-state index contributed by atoms with van der Waals surface area (Å²) >= 11 is 0.699. The zero-order valence-electron chi connectivity index (χ0n) is 21.2. The lowest BCUT2D eigenvalue weighted by atomic mass is 10.1. The van der Waals surface area contributed by atoms with E-state index in [1.807, 2.05) is 6.92 Å².